The van der Waals surface area contributed by atoms with Crippen LogP contribution < -0.4 is 53.6 Å². The first-order chi connectivity index (χ1) is 60.8. The van der Waals surface area contributed by atoms with Crippen molar-refractivity contribution in [2.45, 2.75) is 206 Å². The number of hydrogen-bond donors (Lipinski definition) is 13. The average Bonchev–Trinajstić information content (AvgIpc) is 1.63. The van der Waals surface area contributed by atoms with Crippen LogP contribution in [0.4, 0.5) is 0 Å². The number of likely N-dealkylation sites (N-methyl/N-ethyl adjacent to an activating group) is 4. The maximum Gasteiger partial charge on any atom is 0.305 e. The largest absolute Gasteiger partial charge is 0.481 e. The highest BCUT2D eigenvalue weighted by Gasteiger charge is 2.42. The molecule has 1 aliphatic carbocycles. The molecule has 15 amide bonds. The molecule has 36 heteroatoms. The molecule has 0 radical (unpaired) electrons. The van der Waals surface area contributed by atoms with Gasteiger partial charge in [0.25, 0.3) is 5.91 Å². The van der Waals surface area contributed by atoms with Crippen LogP contribution in [0, 0.1) is 24.7 Å². The zero-order chi connectivity index (χ0) is 93.8. The lowest BCUT2D eigenvalue weighted by atomic mass is 9.91. The number of nitrogens with one attached hydrogen (secondary N) is 10. The van der Waals surface area contributed by atoms with E-state index in [4.69, 9.17) is 5.73 Å². The second-order valence-electron chi connectivity index (χ2n) is 33.7. The SMILES string of the molecule is CC=NC(=O)CNC(=O)[C@@H]1CSCC(=O)N[C@@H](Cc2ccccc2)C(=O)N(C)CC(=O)N2Cc3ccc(cc3C)-c3ccc4c(c[nH]c4c3)CC(NC(=O)CN(C)C(=O)[C@H](CC(=O)O)NC(=O)[C@H](Cc3ccccc3)N(C)C(=O)[C@H](C(C)C)NC(=O)[C@H](CC(N)=O)NC(=O)CN(C)C(=O)[C@@H]2CCCC)C(=O)N[C@@H](CC2=CCC(CC)C=C2)C(O)N[C@@H](CC(C)C)C(=O)N1. The molecule has 128 heavy (non-hydrogen) atoms. The predicted octanol–water partition coefficient (Wildman–Crippen LogP) is 2.78. The number of aliphatic imine (C=N–C) groups is 1. The number of carbonyl (C=O) groups excluding carboxylic acids is 15. The molecule has 4 aromatic carbocycles. The summed E-state index contributed by atoms with van der Waals surface area (Å²) in [5.41, 5.74) is 11.1. The van der Waals surface area contributed by atoms with Crippen molar-refractivity contribution in [2.24, 2.45) is 28.5 Å². The van der Waals surface area contributed by atoms with Crippen molar-refractivity contribution in [3.8, 4) is 11.1 Å². The van der Waals surface area contributed by atoms with Gasteiger partial charge in [-0.05, 0) is 109 Å². The lowest BCUT2D eigenvalue weighted by Gasteiger charge is -2.35. The van der Waals surface area contributed by atoms with Crippen LogP contribution in [0.5, 0.6) is 0 Å². The molecule has 0 spiro atoms. The van der Waals surface area contributed by atoms with Gasteiger partial charge in [-0.15, -0.1) is 11.8 Å². The zero-order valence-corrected chi connectivity index (χ0v) is 75.6. The number of aromatic amines is 1. The second kappa shape index (κ2) is 48.5. The van der Waals surface area contributed by atoms with Crippen LogP contribution in [0.1, 0.15) is 134 Å². The quantitative estimate of drug-likeness (QED) is 0.0393. The van der Waals surface area contributed by atoms with E-state index in [9.17, 15) is 53.4 Å². The molecule has 11 rings (SSSR count). The van der Waals surface area contributed by atoms with Crippen molar-refractivity contribution in [1.29, 1.82) is 0 Å². The van der Waals surface area contributed by atoms with E-state index < -0.39 is 212 Å². The third-order valence-electron chi connectivity index (χ3n) is 22.7. The number of allylic oxidation sites excluding steroid dienone is 3. The summed E-state index contributed by atoms with van der Waals surface area (Å²) in [7, 11) is 5.05. The van der Waals surface area contributed by atoms with E-state index in [2.05, 4.69) is 57.8 Å². The topological polar surface area (TPSA) is 492 Å². The lowest BCUT2D eigenvalue weighted by Crippen LogP contribution is -2.61. The van der Waals surface area contributed by atoms with Crippen LogP contribution in [0.25, 0.3) is 22.0 Å². The minimum atomic E-state index is -1.94. The number of carboxylic acid groups (broad SMARTS) is 1. The molecule has 0 saturated carbocycles. The van der Waals surface area contributed by atoms with E-state index in [1.807, 2.05) is 63.3 Å². The molecule has 5 aliphatic heterocycles. The molecule has 5 aromatic rings. The number of primary amides is 1. The number of nitrogens with two attached hydrogens (primary N) is 1. The number of H-pyrrole nitrogens is 1. The number of aliphatic carboxylic acids is 1. The number of rotatable bonds is 20. The normalized spacial score (nSPS) is 23.6. The summed E-state index contributed by atoms with van der Waals surface area (Å²) < 4.78 is 0. The summed E-state index contributed by atoms with van der Waals surface area (Å²) in [6.07, 6.45) is 6.54. The van der Waals surface area contributed by atoms with Crippen molar-refractivity contribution in [1.82, 2.24) is 77.3 Å². The number of aromatic nitrogens is 1. The summed E-state index contributed by atoms with van der Waals surface area (Å²) in [6, 6.07) is 12.5. The summed E-state index contributed by atoms with van der Waals surface area (Å²) >= 11 is 0.877. The monoisotopic (exact) mass is 1790 g/mol. The Labute approximate surface area is 749 Å². The van der Waals surface area contributed by atoms with Gasteiger partial charge in [-0.2, -0.15) is 0 Å². The first kappa shape index (κ1) is 101. The summed E-state index contributed by atoms with van der Waals surface area (Å²) in [5.74, 6) is -16.8. The predicted molar refractivity (Wildman–Crippen MR) is 482 cm³/mol. The highest BCUT2D eigenvalue weighted by molar-refractivity contribution is 8.00. The Morgan fingerprint density at radius 3 is 1.88 bits per heavy atom. The third-order valence-corrected chi connectivity index (χ3v) is 23.7. The number of aryl methyl sites for hydroxylation is 1. The number of aliphatic hydroxyl groups is 1. The van der Waals surface area contributed by atoms with Crippen LogP contribution in [0.2, 0.25) is 0 Å². The molecule has 35 nitrogen and oxygen atoms in total. The Morgan fingerprint density at radius 2 is 1.27 bits per heavy atom. The van der Waals surface area contributed by atoms with Gasteiger partial charge in [-0.1, -0.05) is 169 Å². The number of nitrogens with zero attached hydrogens (tertiary/aromatic N) is 6. The zero-order valence-electron chi connectivity index (χ0n) is 74.7. The number of amides is 15. The maximum atomic E-state index is 15.7. The van der Waals surface area contributed by atoms with Crippen LogP contribution in [-0.2, 0) is 103 Å². The first-order valence-corrected chi connectivity index (χ1v) is 44.4. The molecule has 690 valence electrons. The van der Waals surface area contributed by atoms with Crippen LogP contribution >= 0.6 is 11.8 Å². The molecule has 0 saturated heterocycles. The molecule has 6 heterocycles. The molecule has 12 atom stereocenters. The molecule has 6 aliphatic rings. The standard InChI is InChI=1S/C92H123N17O18S/c1-13-16-27-73-91(126)106(10)49-78(113)98-69(43-75(93)110)87(122)104-82(54(6)7)92(127)108(12)74(40-58-25-21-18-22-26-58)88(123)102-71(44-81(116)117)90(125)105(9)48-77(112)97-68-42-63-45-95-65-41-61(34-35-64(63)65)60-32-33-62(55(8)37-60)47-109(73)80(115)50-107(11)89(124)70(39-57-23-19-17-20-24-57)99-79(114)52-128-51-72(83(118)96-46-76(111)94-15-3)103-84(119)66(36-53(4)5)100-85(120)67(101-86(68)121)38-59-30-28-56(14-2)29-31-59/h15,17-26,28,30-35,37,41,45,53-54,56,66-74,82,85,95,100,120H,13-14,16,27,29,36,38-40,42-44,46-52H2,1-12H3,(H2,93,110)(H,96,118)(H,97,112)(H,98,113)(H,99,114)(H,101,121)(H,102,123)(H,103,119)(H,104,122)(H,116,117)/t56?,66-,67-,68?,69-,70-,71-,72-,73-,74-,82-,85?/m0/s1. The molecule has 1 aromatic heterocycles. The van der Waals surface area contributed by atoms with E-state index in [0.717, 1.165) is 44.8 Å². The van der Waals surface area contributed by atoms with Crippen molar-refractivity contribution >= 4 is 123 Å². The van der Waals surface area contributed by atoms with Crippen molar-refractivity contribution in [3.05, 3.63) is 155 Å². The van der Waals surface area contributed by atoms with Gasteiger partial charge in [0.1, 0.15) is 54.6 Å². The Balaban J connectivity index is 1.32. The van der Waals surface area contributed by atoms with Gasteiger partial charge in [-0.25, -0.2) is 4.99 Å². The van der Waals surface area contributed by atoms with E-state index in [-0.39, 0.29) is 62.7 Å². The summed E-state index contributed by atoms with van der Waals surface area (Å²) in [4.78, 5) is 246. The first-order valence-electron chi connectivity index (χ1n) is 43.2. The molecular formula is C92H123N17O18S. The van der Waals surface area contributed by atoms with E-state index in [1.165, 1.54) is 39.2 Å². The molecule has 14 N–H and O–H groups in total. The van der Waals surface area contributed by atoms with Crippen molar-refractivity contribution in [2.75, 3.05) is 65.9 Å². The van der Waals surface area contributed by atoms with Crippen molar-refractivity contribution in [3.63, 3.8) is 0 Å². The maximum absolute atomic E-state index is 15.7. The fourth-order valence-corrected chi connectivity index (χ4v) is 16.4. The Hall–Kier alpha value is -12.4. The fraction of sp³-hybridized carbons (Fsp3) is 0.489. The molecule has 8 bridgehead atoms. The van der Waals surface area contributed by atoms with Gasteiger partial charge >= 0.3 is 5.97 Å². The van der Waals surface area contributed by atoms with Gasteiger partial charge in [0.15, 0.2) is 0 Å². The fourth-order valence-electron chi connectivity index (χ4n) is 15.5. The van der Waals surface area contributed by atoms with Crippen molar-refractivity contribution < 1.29 is 86.9 Å². The minimum Gasteiger partial charge on any atom is -0.481 e. The minimum absolute atomic E-state index is 0.00363. The van der Waals surface area contributed by atoms with Gasteiger partial charge in [0.05, 0.1) is 56.9 Å². The summed E-state index contributed by atoms with van der Waals surface area (Å²) in [5, 5.41) is 48.2. The van der Waals surface area contributed by atoms with E-state index in [1.54, 1.807) is 107 Å². The van der Waals surface area contributed by atoms with Gasteiger partial charge in [0, 0.05) is 83.1 Å². The number of hydrogen-bond acceptors (Lipinski definition) is 19. The highest BCUT2D eigenvalue weighted by atomic mass is 32.2. The number of fused-ring (bicyclic) bond motifs is 20. The number of thioether (sulfide) groups is 1. The number of carboxylic acids is 1. The number of benzene rings is 4. The highest BCUT2D eigenvalue weighted by Crippen LogP contribution is 2.31. The van der Waals surface area contributed by atoms with Gasteiger partial charge in [0.2, 0.25) is 82.7 Å². The smallest absolute Gasteiger partial charge is 0.305 e. The molecule has 3 unspecified atom stereocenters. The van der Waals surface area contributed by atoms with Gasteiger partial charge < -0.3 is 88.0 Å². The molecule has 0 fully saturated rings. The number of carbonyl (C=O) groups is 16. The second-order valence-corrected chi connectivity index (χ2v) is 34.7. The van der Waals surface area contributed by atoms with Gasteiger partial charge in [-0.3, -0.25) is 82.0 Å². The lowest BCUT2D eigenvalue weighted by molar-refractivity contribution is -0.149. The Morgan fingerprint density at radius 1 is 0.641 bits per heavy atom. The molecular weight excluding hydrogens is 1660 g/mol. The van der Waals surface area contributed by atoms with Crippen LogP contribution in [0.15, 0.2) is 132 Å². The van der Waals surface area contributed by atoms with Crippen LogP contribution in [-0.4, -0.2) is 273 Å². The van der Waals surface area contributed by atoms with E-state index in [0.29, 0.717) is 74.7 Å². The number of aliphatic hydroxyl groups excluding tert-OH is 1. The summed E-state index contributed by atoms with van der Waals surface area (Å²) in [6.45, 7) is 10.7. The van der Waals surface area contributed by atoms with E-state index >= 15 is 33.6 Å². The number of unbranched alkanes of at least 4 members (excludes halogenated alkanes) is 1. The van der Waals surface area contributed by atoms with Crippen LogP contribution in [0.3, 0.4) is 0 Å². The Bertz CT molecular complexity index is 4920. The third kappa shape index (κ3) is 29.6. The Kier molecular flexibility index (Phi) is 38.2. The average molecular weight is 1790 g/mol.